The summed E-state index contributed by atoms with van der Waals surface area (Å²) >= 11 is 0. The van der Waals surface area contributed by atoms with Gasteiger partial charge in [-0.1, -0.05) is 12.1 Å². The summed E-state index contributed by atoms with van der Waals surface area (Å²) in [6.45, 7) is 7.30. The topological polar surface area (TPSA) is 24.5 Å². The molecular formula is C16H26N2O. The molecule has 0 amide bonds. The van der Waals surface area contributed by atoms with Crippen LogP contribution in [0.25, 0.3) is 0 Å². The van der Waals surface area contributed by atoms with Crippen molar-refractivity contribution in [3.05, 3.63) is 29.8 Å². The quantitative estimate of drug-likeness (QED) is 0.852. The Morgan fingerprint density at radius 1 is 1.32 bits per heavy atom. The fourth-order valence-corrected chi connectivity index (χ4v) is 2.60. The van der Waals surface area contributed by atoms with Crippen LogP contribution in [-0.2, 0) is 6.54 Å². The van der Waals surface area contributed by atoms with Gasteiger partial charge in [0.1, 0.15) is 5.75 Å². The molecule has 106 valence electrons. The third-order valence-electron chi connectivity index (χ3n) is 3.81. The molecule has 19 heavy (non-hydrogen) atoms. The normalized spacial score (nSPS) is 17.6. The lowest BCUT2D eigenvalue weighted by atomic mass is 9.97. The molecule has 3 heteroatoms. The molecule has 1 aromatic rings. The van der Waals surface area contributed by atoms with Gasteiger partial charge in [-0.25, -0.2) is 0 Å². The third-order valence-corrected chi connectivity index (χ3v) is 3.81. The Morgan fingerprint density at radius 3 is 2.84 bits per heavy atom. The number of hydrogen-bond donors (Lipinski definition) is 1. The van der Waals surface area contributed by atoms with Crippen LogP contribution < -0.4 is 10.1 Å². The molecule has 0 atom stereocenters. The summed E-state index contributed by atoms with van der Waals surface area (Å²) in [6.07, 6.45) is 2.64. The van der Waals surface area contributed by atoms with Crippen molar-refractivity contribution in [1.82, 2.24) is 10.2 Å². The summed E-state index contributed by atoms with van der Waals surface area (Å²) in [6, 6.07) is 8.37. The molecule has 0 saturated carbocycles. The predicted molar refractivity (Wildman–Crippen MR) is 79.5 cm³/mol. The lowest BCUT2D eigenvalue weighted by Gasteiger charge is -2.29. The molecular weight excluding hydrogens is 236 g/mol. The van der Waals surface area contributed by atoms with Gasteiger partial charge in [-0.05, 0) is 70.1 Å². The van der Waals surface area contributed by atoms with E-state index in [1.807, 2.05) is 13.0 Å². The molecule has 2 rings (SSSR count). The Morgan fingerprint density at radius 2 is 2.11 bits per heavy atom. The predicted octanol–water partition coefficient (Wildman–Crippen LogP) is 2.52. The molecule has 0 bridgehead atoms. The Hall–Kier alpha value is -1.06. The summed E-state index contributed by atoms with van der Waals surface area (Å²) in [4.78, 5) is 2.42. The van der Waals surface area contributed by atoms with E-state index in [0.717, 1.165) is 31.4 Å². The Balaban J connectivity index is 1.71. The van der Waals surface area contributed by atoms with Gasteiger partial charge >= 0.3 is 0 Å². The molecule has 0 radical (unpaired) electrons. The molecule has 0 spiro atoms. The van der Waals surface area contributed by atoms with E-state index in [-0.39, 0.29) is 0 Å². The number of nitrogens with zero attached hydrogens (tertiary/aromatic N) is 1. The van der Waals surface area contributed by atoms with Crippen LogP contribution in [0.1, 0.15) is 25.3 Å². The van der Waals surface area contributed by atoms with Crippen molar-refractivity contribution in [2.75, 3.05) is 33.3 Å². The fourth-order valence-electron chi connectivity index (χ4n) is 2.60. The zero-order chi connectivity index (χ0) is 13.5. The lowest BCUT2D eigenvalue weighted by molar-refractivity contribution is 0.216. The van der Waals surface area contributed by atoms with Gasteiger partial charge in [0, 0.05) is 6.54 Å². The van der Waals surface area contributed by atoms with Crippen LogP contribution in [0, 0.1) is 5.92 Å². The lowest BCUT2D eigenvalue weighted by Crippen LogP contribution is -2.34. The van der Waals surface area contributed by atoms with Gasteiger partial charge in [-0.15, -0.1) is 0 Å². The molecule has 0 aromatic heterocycles. The van der Waals surface area contributed by atoms with Crippen molar-refractivity contribution in [3.63, 3.8) is 0 Å². The van der Waals surface area contributed by atoms with Crippen molar-refractivity contribution in [1.29, 1.82) is 0 Å². The first-order valence-electron chi connectivity index (χ1n) is 7.39. The summed E-state index contributed by atoms with van der Waals surface area (Å²) in [5.41, 5.74) is 1.30. The highest BCUT2D eigenvalue weighted by molar-refractivity contribution is 5.28. The number of nitrogens with one attached hydrogen (secondary N) is 1. The molecule has 1 fully saturated rings. The number of benzene rings is 1. The van der Waals surface area contributed by atoms with E-state index in [1.165, 1.54) is 31.5 Å². The minimum atomic E-state index is 0.729. The third kappa shape index (κ3) is 4.84. The van der Waals surface area contributed by atoms with E-state index in [2.05, 4.69) is 35.5 Å². The van der Waals surface area contributed by atoms with Crippen LogP contribution in [0.3, 0.4) is 0 Å². The Kier molecular flexibility index (Phi) is 5.67. The number of piperidine rings is 1. The van der Waals surface area contributed by atoms with Crippen molar-refractivity contribution < 1.29 is 4.74 Å². The van der Waals surface area contributed by atoms with Gasteiger partial charge in [0.25, 0.3) is 0 Å². The van der Waals surface area contributed by atoms with Crippen molar-refractivity contribution in [2.24, 2.45) is 5.92 Å². The maximum Gasteiger partial charge on any atom is 0.119 e. The zero-order valence-electron chi connectivity index (χ0n) is 12.2. The molecule has 1 saturated heterocycles. The van der Waals surface area contributed by atoms with Crippen LogP contribution in [-0.4, -0.2) is 38.2 Å². The summed E-state index contributed by atoms with van der Waals surface area (Å²) in [5, 5.41) is 3.58. The fraction of sp³-hybridized carbons (Fsp3) is 0.625. The minimum absolute atomic E-state index is 0.729. The van der Waals surface area contributed by atoms with Gasteiger partial charge in [-0.3, -0.25) is 0 Å². The van der Waals surface area contributed by atoms with Crippen LogP contribution in [0.5, 0.6) is 5.75 Å². The average Bonchev–Trinajstić information content (AvgIpc) is 2.42. The zero-order valence-corrected chi connectivity index (χ0v) is 12.2. The molecule has 1 aliphatic rings. The largest absolute Gasteiger partial charge is 0.494 e. The molecule has 1 aliphatic heterocycles. The van der Waals surface area contributed by atoms with E-state index >= 15 is 0 Å². The maximum atomic E-state index is 5.52. The SMILES string of the molecule is CCOc1cccc(CNCC2CCN(C)CC2)c1. The van der Waals surface area contributed by atoms with Gasteiger partial charge in [-0.2, -0.15) is 0 Å². The average molecular weight is 262 g/mol. The number of likely N-dealkylation sites (tertiary alicyclic amines) is 1. The first-order valence-corrected chi connectivity index (χ1v) is 7.39. The molecule has 1 aromatic carbocycles. The van der Waals surface area contributed by atoms with Gasteiger partial charge in [0.2, 0.25) is 0 Å². The molecule has 3 nitrogen and oxygen atoms in total. The molecule has 0 aliphatic carbocycles. The smallest absolute Gasteiger partial charge is 0.119 e. The number of rotatable bonds is 6. The summed E-state index contributed by atoms with van der Waals surface area (Å²) in [7, 11) is 2.21. The van der Waals surface area contributed by atoms with E-state index < -0.39 is 0 Å². The highest BCUT2D eigenvalue weighted by atomic mass is 16.5. The van der Waals surface area contributed by atoms with Crippen LogP contribution >= 0.6 is 0 Å². The monoisotopic (exact) mass is 262 g/mol. The standard InChI is InChI=1S/C16H26N2O/c1-3-19-16-6-4-5-15(11-16)13-17-12-14-7-9-18(2)10-8-14/h4-6,11,14,17H,3,7-10,12-13H2,1-2H3. The first-order chi connectivity index (χ1) is 9.28. The van der Waals surface area contributed by atoms with E-state index in [0.29, 0.717) is 0 Å². The van der Waals surface area contributed by atoms with Crippen LogP contribution in [0.2, 0.25) is 0 Å². The highest BCUT2D eigenvalue weighted by Gasteiger charge is 2.15. The van der Waals surface area contributed by atoms with Gasteiger partial charge in [0.05, 0.1) is 6.61 Å². The maximum absolute atomic E-state index is 5.52. The van der Waals surface area contributed by atoms with Crippen molar-refractivity contribution in [2.45, 2.75) is 26.3 Å². The number of ether oxygens (including phenoxy) is 1. The van der Waals surface area contributed by atoms with E-state index in [4.69, 9.17) is 4.74 Å². The first kappa shape index (κ1) is 14.4. The van der Waals surface area contributed by atoms with Crippen molar-refractivity contribution >= 4 is 0 Å². The Bertz CT molecular complexity index is 373. The second kappa shape index (κ2) is 7.51. The summed E-state index contributed by atoms with van der Waals surface area (Å²) in [5.74, 6) is 1.81. The number of hydrogen-bond acceptors (Lipinski definition) is 3. The van der Waals surface area contributed by atoms with Crippen LogP contribution in [0.15, 0.2) is 24.3 Å². The molecule has 0 unspecified atom stereocenters. The Labute approximate surface area is 116 Å². The highest BCUT2D eigenvalue weighted by Crippen LogP contribution is 2.16. The van der Waals surface area contributed by atoms with E-state index in [1.54, 1.807) is 0 Å². The summed E-state index contributed by atoms with van der Waals surface area (Å²) < 4.78 is 5.52. The molecule has 1 N–H and O–H groups in total. The minimum Gasteiger partial charge on any atom is -0.494 e. The second-order valence-electron chi connectivity index (χ2n) is 5.46. The van der Waals surface area contributed by atoms with Crippen molar-refractivity contribution in [3.8, 4) is 5.75 Å². The van der Waals surface area contributed by atoms with Gasteiger partial charge < -0.3 is 15.0 Å². The van der Waals surface area contributed by atoms with Gasteiger partial charge in [0.15, 0.2) is 0 Å². The van der Waals surface area contributed by atoms with E-state index in [9.17, 15) is 0 Å². The molecule has 1 heterocycles. The second-order valence-corrected chi connectivity index (χ2v) is 5.46. The van der Waals surface area contributed by atoms with Crippen LogP contribution in [0.4, 0.5) is 0 Å².